The summed E-state index contributed by atoms with van der Waals surface area (Å²) in [6.45, 7) is 0. The quantitative estimate of drug-likeness (QED) is 0.860. The zero-order valence-corrected chi connectivity index (χ0v) is 13.8. The van der Waals surface area contributed by atoms with Gasteiger partial charge in [-0.15, -0.1) is 0 Å². The van der Waals surface area contributed by atoms with Gasteiger partial charge in [0.25, 0.3) is 0 Å². The van der Waals surface area contributed by atoms with Crippen LogP contribution < -0.4 is 15.2 Å². The fourth-order valence-corrected chi connectivity index (χ4v) is 2.64. The Morgan fingerprint density at radius 3 is 2.43 bits per heavy atom. The molecule has 0 aliphatic heterocycles. The maximum absolute atomic E-state index is 10.6. The second kappa shape index (κ2) is 6.51. The van der Waals surface area contributed by atoms with Crippen molar-refractivity contribution in [3.63, 3.8) is 0 Å². The van der Waals surface area contributed by atoms with E-state index in [0.29, 0.717) is 32.1 Å². The minimum Gasteiger partial charge on any atom is -0.493 e. The number of benzene rings is 1. The summed E-state index contributed by atoms with van der Waals surface area (Å²) in [7, 11) is 3.07. The summed E-state index contributed by atoms with van der Waals surface area (Å²) in [5.74, 6) is 1.27. The molecule has 0 saturated heterocycles. The zero-order valence-electron chi connectivity index (χ0n) is 11.4. The summed E-state index contributed by atoms with van der Waals surface area (Å²) in [4.78, 5) is 3.95. The minimum atomic E-state index is -0.995. The van der Waals surface area contributed by atoms with Gasteiger partial charge in [0.1, 0.15) is 11.9 Å². The average Bonchev–Trinajstić information content (AvgIpc) is 2.48. The third kappa shape index (κ3) is 3.23. The predicted molar refractivity (Wildman–Crippen MR) is 85.0 cm³/mol. The number of aromatic nitrogens is 1. The lowest BCUT2D eigenvalue weighted by Gasteiger charge is -2.17. The van der Waals surface area contributed by atoms with E-state index in [-0.39, 0.29) is 5.82 Å². The summed E-state index contributed by atoms with van der Waals surface area (Å²) in [6, 6.07) is 4.97. The monoisotopic (exact) mass is 372 g/mol. The lowest BCUT2D eigenvalue weighted by molar-refractivity contribution is 0.219. The molecule has 21 heavy (non-hydrogen) atoms. The van der Waals surface area contributed by atoms with Crippen molar-refractivity contribution < 1.29 is 14.6 Å². The fourth-order valence-electron chi connectivity index (χ4n) is 1.93. The first-order valence-corrected chi connectivity index (χ1v) is 7.15. The topological polar surface area (TPSA) is 77.6 Å². The number of hydrogen-bond acceptors (Lipinski definition) is 5. The van der Waals surface area contributed by atoms with Crippen molar-refractivity contribution in [2.24, 2.45) is 0 Å². The highest BCUT2D eigenvalue weighted by Gasteiger charge is 2.20. The highest BCUT2D eigenvalue weighted by molar-refractivity contribution is 9.10. The Labute approximate surface area is 135 Å². The van der Waals surface area contributed by atoms with Crippen molar-refractivity contribution >= 4 is 33.3 Å². The van der Waals surface area contributed by atoms with Crippen LogP contribution in [0, 0.1) is 0 Å². The highest BCUT2D eigenvalue weighted by Crippen LogP contribution is 2.39. The number of pyridine rings is 1. The first-order valence-electron chi connectivity index (χ1n) is 5.98. The number of nitrogen functional groups attached to an aromatic ring is 1. The molecule has 7 heteroatoms. The number of ether oxygens (including phenoxy) is 2. The lowest BCUT2D eigenvalue weighted by atomic mass is 10.0. The normalized spacial score (nSPS) is 12.0. The van der Waals surface area contributed by atoms with Gasteiger partial charge in [0.2, 0.25) is 0 Å². The van der Waals surface area contributed by atoms with Crippen molar-refractivity contribution in [3.8, 4) is 11.5 Å². The second-order valence-electron chi connectivity index (χ2n) is 4.26. The molecule has 2 aromatic rings. The predicted octanol–water partition coefficient (Wildman–Crippen LogP) is 3.18. The molecule has 0 saturated carbocycles. The molecule has 0 aliphatic rings. The van der Waals surface area contributed by atoms with Crippen LogP contribution in [0.1, 0.15) is 17.2 Å². The molecule has 0 fully saturated rings. The number of hydrogen-bond donors (Lipinski definition) is 2. The van der Waals surface area contributed by atoms with E-state index in [0.717, 1.165) is 0 Å². The van der Waals surface area contributed by atoms with Gasteiger partial charge in [0.05, 0.1) is 19.2 Å². The molecule has 112 valence electrons. The number of rotatable bonds is 4. The number of methoxy groups -OCH3 is 2. The SMILES string of the molecule is COc1cc(Br)c(C(O)c2cc(Cl)cnc2N)cc1OC. The Kier molecular flexibility index (Phi) is 4.92. The van der Waals surface area contributed by atoms with E-state index in [1.54, 1.807) is 25.3 Å². The molecule has 2 rings (SSSR count). The number of nitrogens with two attached hydrogens (primary N) is 1. The van der Waals surface area contributed by atoms with E-state index < -0.39 is 6.10 Å². The molecule has 0 aliphatic carbocycles. The van der Waals surface area contributed by atoms with Crippen LogP contribution in [0.2, 0.25) is 5.02 Å². The van der Waals surface area contributed by atoms with Gasteiger partial charge in [-0.25, -0.2) is 4.98 Å². The lowest BCUT2D eigenvalue weighted by Crippen LogP contribution is -2.07. The van der Waals surface area contributed by atoms with E-state index in [9.17, 15) is 5.11 Å². The number of aliphatic hydroxyl groups excluding tert-OH is 1. The molecule has 0 amide bonds. The maximum Gasteiger partial charge on any atom is 0.161 e. The van der Waals surface area contributed by atoms with E-state index in [4.69, 9.17) is 26.8 Å². The summed E-state index contributed by atoms with van der Waals surface area (Å²) in [5.41, 5.74) is 6.80. The first-order chi connectivity index (χ1) is 9.97. The summed E-state index contributed by atoms with van der Waals surface area (Å²) in [6.07, 6.45) is 0.432. The third-order valence-corrected chi connectivity index (χ3v) is 3.90. The summed E-state index contributed by atoms with van der Waals surface area (Å²) >= 11 is 9.31. The molecule has 0 bridgehead atoms. The zero-order chi connectivity index (χ0) is 15.6. The van der Waals surface area contributed by atoms with Crippen LogP contribution in [0.5, 0.6) is 11.5 Å². The van der Waals surface area contributed by atoms with E-state index in [1.807, 2.05) is 0 Å². The van der Waals surface area contributed by atoms with Crippen molar-refractivity contribution in [2.45, 2.75) is 6.10 Å². The largest absolute Gasteiger partial charge is 0.493 e. The van der Waals surface area contributed by atoms with Crippen molar-refractivity contribution in [2.75, 3.05) is 20.0 Å². The Hall–Kier alpha value is -1.50. The summed E-state index contributed by atoms with van der Waals surface area (Å²) in [5, 5.41) is 11.0. The van der Waals surface area contributed by atoms with Crippen LogP contribution in [-0.2, 0) is 0 Å². The first kappa shape index (κ1) is 15.9. The van der Waals surface area contributed by atoms with E-state index in [2.05, 4.69) is 20.9 Å². The number of anilines is 1. The fraction of sp³-hybridized carbons (Fsp3) is 0.214. The highest BCUT2D eigenvalue weighted by atomic mass is 79.9. The number of halogens is 2. The number of nitrogens with zero attached hydrogens (tertiary/aromatic N) is 1. The van der Waals surface area contributed by atoms with Gasteiger partial charge in [-0.05, 0) is 18.2 Å². The Morgan fingerprint density at radius 1 is 1.19 bits per heavy atom. The Morgan fingerprint density at radius 2 is 1.81 bits per heavy atom. The van der Waals surface area contributed by atoms with Crippen molar-refractivity contribution in [3.05, 3.63) is 45.0 Å². The minimum absolute atomic E-state index is 0.216. The molecular formula is C14H14BrClN2O3. The van der Waals surface area contributed by atoms with Crippen LogP contribution in [-0.4, -0.2) is 24.3 Å². The van der Waals surface area contributed by atoms with Crippen LogP contribution in [0.3, 0.4) is 0 Å². The smallest absolute Gasteiger partial charge is 0.161 e. The Balaban J connectivity index is 2.52. The van der Waals surface area contributed by atoms with Crippen LogP contribution in [0.15, 0.2) is 28.9 Å². The van der Waals surface area contributed by atoms with Gasteiger partial charge in [-0.2, -0.15) is 0 Å². The molecule has 1 aromatic heterocycles. The second-order valence-corrected chi connectivity index (χ2v) is 5.55. The maximum atomic E-state index is 10.6. The van der Waals surface area contributed by atoms with Gasteiger partial charge in [0, 0.05) is 21.8 Å². The molecule has 1 unspecified atom stereocenters. The summed E-state index contributed by atoms with van der Waals surface area (Å²) < 4.78 is 11.1. The molecule has 0 spiro atoms. The van der Waals surface area contributed by atoms with Crippen LogP contribution in [0.25, 0.3) is 0 Å². The van der Waals surface area contributed by atoms with Crippen LogP contribution in [0.4, 0.5) is 5.82 Å². The number of aliphatic hydroxyl groups is 1. The van der Waals surface area contributed by atoms with Gasteiger partial charge < -0.3 is 20.3 Å². The Bertz CT molecular complexity index is 667. The van der Waals surface area contributed by atoms with E-state index in [1.165, 1.54) is 13.3 Å². The van der Waals surface area contributed by atoms with E-state index >= 15 is 0 Å². The van der Waals surface area contributed by atoms with Gasteiger partial charge in [-0.1, -0.05) is 27.5 Å². The standard InChI is InChI=1S/C14H14BrClN2O3/c1-20-11-4-8(10(15)5-12(11)21-2)13(19)9-3-7(16)6-18-14(9)17/h3-6,13,19H,1-2H3,(H2,17,18). The molecular weight excluding hydrogens is 360 g/mol. The van der Waals surface area contributed by atoms with Crippen LogP contribution >= 0.6 is 27.5 Å². The molecule has 1 atom stereocenters. The average molecular weight is 374 g/mol. The van der Waals surface area contributed by atoms with Crippen molar-refractivity contribution in [1.82, 2.24) is 4.98 Å². The molecule has 3 N–H and O–H groups in total. The third-order valence-electron chi connectivity index (χ3n) is 3.01. The van der Waals surface area contributed by atoms with Gasteiger partial charge in [-0.3, -0.25) is 0 Å². The molecule has 1 aromatic carbocycles. The van der Waals surface area contributed by atoms with Gasteiger partial charge in [0.15, 0.2) is 11.5 Å². The molecule has 0 radical (unpaired) electrons. The molecule has 1 heterocycles. The van der Waals surface area contributed by atoms with Gasteiger partial charge >= 0.3 is 0 Å². The molecule has 5 nitrogen and oxygen atoms in total. The van der Waals surface area contributed by atoms with Crippen molar-refractivity contribution in [1.29, 1.82) is 0 Å².